The van der Waals surface area contributed by atoms with E-state index >= 15 is 0 Å². The first-order chi connectivity index (χ1) is 10.1. The molecule has 0 aliphatic carbocycles. The third-order valence-corrected chi connectivity index (χ3v) is 5.12. The summed E-state index contributed by atoms with van der Waals surface area (Å²) >= 11 is 1.70. The Hall–Kier alpha value is -1.87. The van der Waals surface area contributed by atoms with Crippen LogP contribution in [0.3, 0.4) is 0 Å². The molecule has 0 unspecified atom stereocenters. The van der Waals surface area contributed by atoms with Crippen molar-refractivity contribution in [1.29, 1.82) is 0 Å². The highest BCUT2D eigenvalue weighted by Crippen LogP contribution is 2.48. The van der Waals surface area contributed by atoms with Crippen LogP contribution in [0.25, 0.3) is 0 Å². The van der Waals surface area contributed by atoms with Gasteiger partial charge in [0, 0.05) is 15.7 Å². The highest BCUT2D eigenvalue weighted by Gasteiger charge is 2.37. The van der Waals surface area contributed by atoms with E-state index in [-0.39, 0.29) is 17.5 Å². The van der Waals surface area contributed by atoms with E-state index in [2.05, 4.69) is 12.1 Å². The smallest absolute Gasteiger partial charge is 0.141 e. The van der Waals surface area contributed by atoms with Crippen LogP contribution in [0.4, 0.5) is 0 Å². The van der Waals surface area contributed by atoms with Crippen molar-refractivity contribution in [1.82, 2.24) is 0 Å². The number of hydrogen-bond acceptors (Lipinski definition) is 3. The molecule has 0 bridgehead atoms. The molecule has 106 valence electrons. The Labute approximate surface area is 128 Å². The van der Waals surface area contributed by atoms with Crippen LogP contribution >= 0.6 is 11.8 Å². The van der Waals surface area contributed by atoms with Crippen molar-refractivity contribution in [2.75, 3.05) is 0 Å². The fourth-order valence-corrected chi connectivity index (χ4v) is 4.22. The summed E-state index contributed by atoms with van der Waals surface area (Å²) in [6, 6.07) is 16.1. The van der Waals surface area contributed by atoms with Gasteiger partial charge in [-0.3, -0.25) is 9.59 Å². The van der Waals surface area contributed by atoms with Gasteiger partial charge in [0.05, 0.1) is 5.92 Å². The van der Waals surface area contributed by atoms with E-state index in [0.29, 0.717) is 0 Å². The lowest BCUT2D eigenvalue weighted by molar-refractivity contribution is -0.130. The SMILES string of the molecule is CC(=O)C(C(C)=O)C1c2ccccc2Sc2ccccc21. The molecule has 0 aromatic heterocycles. The molecule has 3 rings (SSSR count). The van der Waals surface area contributed by atoms with Crippen molar-refractivity contribution in [2.45, 2.75) is 29.6 Å². The van der Waals surface area contributed by atoms with Crippen LogP contribution in [0.5, 0.6) is 0 Å². The summed E-state index contributed by atoms with van der Waals surface area (Å²) in [5.74, 6) is -0.908. The molecule has 0 spiro atoms. The summed E-state index contributed by atoms with van der Waals surface area (Å²) in [5.41, 5.74) is 2.16. The van der Waals surface area contributed by atoms with Crippen LogP contribution in [0.15, 0.2) is 58.3 Å². The molecule has 0 N–H and O–H groups in total. The number of carbonyl (C=O) groups excluding carboxylic acids is 2. The maximum Gasteiger partial charge on any atom is 0.141 e. The zero-order valence-corrected chi connectivity index (χ0v) is 12.8. The van der Waals surface area contributed by atoms with E-state index in [1.54, 1.807) is 11.8 Å². The number of ketones is 2. The van der Waals surface area contributed by atoms with Gasteiger partial charge in [-0.25, -0.2) is 0 Å². The molecule has 0 saturated heterocycles. The van der Waals surface area contributed by atoms with E-state index in [0.717, 1.165) is 20.9 Å². The summed E-state index contributed by atoms with van der Waals surface area (Å²) in [6.07, 6.45) is 0. The quantitative estimate of drug-likeness (QED) is 0.800. The van der Waals surface area contributed by atoms with Crippen molar-refractivity contribution in [2.24, 2.45) is 5.92 Å². The Balaban J connectivity index is 2.23. The van der Waals surface area contributed by atoms with E-state index in [1.807, 2.05) is 36.4 Å². The van der Waals surface area contributed by atoms with Gasteiger partial charge < -0.3 is 0 Å². The molecule has 2 aromatic carbocycles. The van der Waals surface area contributed by atoms with Gasteiger partial charge in [-0.05, 0) is 37.1 Å². The van der Waals surface area contributed by atoms with Crippen LogP contribution in [0.2, 0.25) is 0 Å². The first-order valence-electron chi connectivity index (χ1n) is 6.96. The normalized spacial score (nSPS) is 13.7. The van der Waals surface area contributed by atoms with Crippen molar-refractivity contribution in [3.05, 3.63) is 59.7 Å². The second kappa shape index (κ2) is 5.49. The monoisotopic (exact) mass is 296 g/mol. The van der Waals surface area contributed by atoms with Crippen molar-refractivity contribution in [3.63, 3.8) is 0 Å². The lowest BCUT2D eigenvalue weighted by Crippen LogP contribution is -2.29. The fourth-order valence-electron chi connectivity index (χ4n) is 3.06. The van der Waals surface area contributed by atoms with Crippen molar-refractivity contribution < 1.29 is 9.59 Å². The largest absolute Gasteiger partial charge is 0.299 e. The van der Waals surface area contributed by atoms with Gasteiger partial charge in [-0.1, -0.05) is 48.2 Å². The Morgan fingerprint density at radius 2 is 1.29 bits per heavy atom. The third-order valence-electron chi connectivity index (χ3n) is 3.94. The second-order valence-electron chi connectivity index (χ2n) is 5.35. The molecule has 0 radical (unpaired) electrons. The molecule has 1 aliphatic rings. The van der Waals surface area contributed by atoms with Crippen molar-refractivity contribution >= 4 is 23.3 Å². The molecule has 2 nitrogen and oxygen atoms in total. The maximum atomic E-state index is 12.1. The van der Waals surface area contributed by atoms with Gasteiger partial charge in [0.15, 0.2) is 0 Å². The Morgan fingerprint density at radius 1 is 0.857 bits per heavy atom. The average Bonchev–Trinajstić information content (AvgIpc) is 2.46. The van der Waals surface area contributed by atoms with E-state index in [4.69, 9.17) is 0 Å². The Bertz CT molecular complexity index is 661. The topological polar surface area (TPSA) is 34.1 Å². The second-order valence-corrected chi connectivity index (χ2v) is 6.44. The lowest BCUT2D eigenvalue weighted by atomic mass is 9.76. The first kappa shape index (κ1) is 14.1. The minimum Gasteiger partial charge on any atom is -0.299 e. The van der Waals surface area contributed by atoms with Crippen LogP contribution in [0, 0.1) is 5.92 Å². The minimum atomic E-state index is -0.604. The van der Waals surface area contributed by atoms with Gasteiger partial charge in [0.25, 0.3) is 0 Å². The van der Waals surface area contributed by atoms with Crippen molar-refractivity contribution in [3.8, 4) is 0 Å². The molecule has 2 aromatic rings. The first-order valence-corrected chi connectivity index (χ1v) is 7.78. The molecular formula is C18H16O2S. The number of fused-ring (bicyclic) bond motifs is 2. The number of carbonyl (C=O) groups is 2. The summed E-state index contributed by atoms with van der Waals surface area (Å²) in [4.78, 5) is 26.4. The highest BCUT2D eigenvalue weighted by atomic mass is 32.2. The molecule has 0 atom stereocenters. The molecule has 1 heterocycles. The van der Waals surface area contributed by atoms with Crippen LogP contribution in [-0.2, 0) is 9.59 Å². The predicted molar refractivity (Wildman–Crippen MR) is 83.7 cm³/mol. The zero-order chi connectivity index (χ0) is 15.0. The van der Waals surface area contributed by atoms with Gasteiger partial charge >= 0.3 is 0 Å². The average molecular weight is 296 g/mol. The standard InChI is InChI=1S/C18H16O2S/c1-11(19)17(12(2)20)18-13-7-3-5-9-15(13)21-16-10-6-4-8-14(16)18/h3-10,17-18H,1-2H3. The summed E-state index contributed by atoms with van der Waals surface area (Å²) in [6.45, 7) is 3.03. The number of hydrogen-bond donors (Lipinski definition) is 0. The molecule has 0 fully saturated rings. The van der Waals surface area contributed by atoms with Crippen LogP contribution in [-0.4, -0.2) is 11.6 Å². The van der Waals surface area contributed by atoms with Gasteiger partial charge in [0.1, 0.15) is 11.6 Å². The summed E-state index contributed by atoms with van der Waals surface area (Å²) in [7, 11) is 0. The maximum absolute atomic E-state index is 12.1. The van der Waals surface area contributed by atoms with Gasteiger partial charge in [-0.15, -0.1) is 0 Å². The fraction of sp³-hybridized carbons (Fsp3) is 0.222. The number of rotatable bonds is 3. The molecule has 0 saturated carbocycles. The van der Waals surface area contributed by atoms with E-state index < -0.39 is 5.92 Å². The van der Waals surface area contributed by atoms with E-state index in [9.17, 15) is 9.59 Å². The van der Waals surface area contributed by atoms with Gasteiger partial charge in [0.2, 0.25) is 0 Å². The molecule has 1 aliphatic heterocycles. The molecule has 0 amide bonds. The Morgan fingerprint density at radius 3 is 1.71 bits per heavy atom. The summed E-state index contributed by atoms with van der Waals surface area (Å²) < 4.78 is 0. The summed E-state index contributed by atoms with van der Waals surface area (Å²) in [5, 5.41) is 0. The molecule has 21 heavy (non-hydrogen) atoms. The van der Waals surface area contributed by atoms with Crippen LogP contribution < -0.4 is 0 Å². The third kappa shape index (κ3) is 2.42. The van der Waals surface area contributed by atoms with Gasteiger partial charge in [-0.2, -0.15) is 0 Å². The molecule has 3 heteroatoms. The number of benzene rings is 2. The zero-order valence-electron chi connectivity index (χ0n) is 12.0. The number of Topliss-reactive ketones (excluding diaryl/α,β-unsaturated/α-hetero) is 2. The lowest BCUT2D eigenvalue weighted by Gasteiger charge is -2.31. The van der Waals surface area contributed by atoms with E-state index in [1.165, 1.54) is 13.8 Å². The minimum absolute atomic E-state index is 0.0657. The predicted octanol–water partition coefficient (Wildman–Crippen LogP) is 4.08. The van der Waals surface area contributed by atoms with Crippen LogP contribution in [0.1, 0.15) is 30.9 Å². The highest BCUT2D eigenvalue weighted by molar-refractivity contribution is 7.99. The Kier molecular flexibility index (Phi) is 3.68. The molecular weight excluding hydrogens is 280 g/mol.